The fraction of sp³-hybridized carbons (Fsp3) is 0. The van der Waals surface area contributed by atoms with E-state index in [1.807, 2.05) is 36.4 Å². The summed E-state index contributed by atoms with van der Waals surface area (Å²) in [7, 11) is 0. The van der Waals surface area contributed by atoms with Gasteiger partial charge in [0.15, 0.2) is 0 Å². The summed E-state index contributed by atoms with van der Waals surface area (Å²) in [6.45, 7) is 0. The van der Waals surface area contributed by atoms with Crippen LogP contribution in [-0.4, -0.2) is 9.97 Å². The Hall–Kier alpha value is -2.03. The van der Waals surface area contributed by atoms with Crippen LogP contribution < -0.4 is 5.73 Å². The molecule has 3 nitrogen and oxygen atoms in total. The number of hydrogen-bond donors (Lipinski definition) is 2. The van der Waals surface area contributed by atoms with E-state index in [1.54, 1.807) is 6.08 Å². The molecule has 14 heavy (non-hydrogen) atoms. The quantitative estimate of drug-likeness (QED) is 0.703. The number of nitrogens with one attached hydrogen (secondary N) is 1. The van der Waals surface area contributed by atoms with Gasteiger partial charge in [-0.2, -0.15) is 0 Å². The molecule has 0 amide bonds. The molecular formula is C11H11N3. The number of para-hydroxylation sites is 2. The maximum Gasteiger partial charge on any atom is 0.131 e. The normalized spacial score (nSPS) is 12.0. The second-order valence-corrected chi connectivity index (χ2v) is 2.88. The van der Waals surface area contributed by atoms with Gasteiger partial charge in [-0.3, -0.25) is 0 Å². The van der Waals surface area contributed by atoms with E-state index in [9.17, 15) is 0 Å². The number of imidazole rings is 1. The van der Waals surface area contributed by atoms with Crippen LogP contribution in [0.3, 0.4) is 0 Å². The number of hydrogen-bond acceptors (Lipinski definition) is 2. The molecule has 2 aromatic rings. The Kier molecular flexibility index (Phi) is 2.32. The molecule has 0 fully saturated rings. The van der Waals surface area contributed by atoms with Gasteiger partial charge in [0.25, 0.3) is 0 Å². The third-order valence-electron chi connectivity index (χ3n) is 1.88. The molecule has 3 N–H and O–H groups in total. The molecule has 3 heteroatoms. The molecule has 0 aliphatic heterocycles. The Bertz CT molecular complexity index is 447. The van der Waals surface area contributed by atoms with Crippen molar-refractivity contribution < 1.29 is 0 Å². The summed E-state index contributed by atoms with van der Waals surface area (Å²) in [5.41, 5.74) is 7.23. The van der Waals surface area contributed by atoms with Crippen LogP contribution in [0.2, 0.25) is 0 Å². The number of aromatic amines is 1. The summed E-state index contributed by atoms with van der Waals surface area (Å²) in [4.78, 5) is 7.55. The zero-order chi connectivity index (χ0) is 9.80. The zero-order valence-electron chi connectivity index (χ0n) is 7.64. The highest BCUT2D eigenvalue weighted by molar-refractivity contribution is 5.76. The van der Waals surface area contributed by atoms with E-state index in [0.29, 0.717) is 0 Å². The highest BCUT2D eigenvalue weighted by atomic mass is 14.9. The fourth-order valence-corrected chi connectivity index (χ4v) is 1.26. The second kappa shape index (κ2) is 3.79. The first-order valence-corrected chi connectivity index (χ1v) is 4.40. The third-order valence-corrected chi connectivity index (χ3v) is 1.88. The Labute approximate surface area is 82.0 Å². The fourth-order valence-electron chi connectivity index (χ4n) is 1.26. The van der Waals surface area contributed by atoms with Gasteiger partial charge in [0, 0.05) is 0 Å². The monoisotopic (exact) mass is 185 g/mol. The summed E-state index contributed by atoms with van der Waals surface area (Å²) in [5.74, 6) is 0.837. The molecule has 0 bridgehead atoms. The van der Waals surface area contributed by atoms with Crippen molar-refractivity contribution in [2.24, 2.45) is 5.73 Å². The molecule has 0 unspecified atom stereocenters. The van der Waals surface area contributed by atoms with Gasteiger partial charge >= 0.3 is 0 Å². The van der Waals surface area contributed by atoms with E-state index in [0.717, 1.165) is 16.9 Å². The lowest BCUT2D eigenvalue weighted by Gasteiger charge is -1.81. The zero-order valence-corrected chi connectivity index (χ0v) is 7.64. The van der Waals surface area contributed by atoms with Crippen molar-refractivity contribution in [2.45, 2.75) is 0 Å². The standard InChI is InChI=1S/C11H11N3/c12-8-4-3-7-11-13-9-5-1-2-6-10(9)14-11/h1-8H,12H2,(H,13,14)/b7-3+,8-4+. The van der Waals surface area contributed by atoms with Gasteiger partial charge in [0.2, 0.25) is 0 Å². The Morgan fingerprint density at radius 3 is 2.86 bits per heavy atom. The molecule has 0 aliphatic rings. The van der Waals surface area contributed by atoms with Crippen molar-refractivity contribution in [3.63, 3.8) is 0 Å². The maximum absolute atomic E-state index is 5.21. The average molecular weight is 185 g/mol. The summed E-state index contributed by atoms with van der Waals surface area (Å²) < 4.78 is 0. The number of nitrogens with zero attached hydrogens (tertiary/aromatic N) is 1. The number of H-pyrrole nitrogens is 1. The molecule has 0 saturated carbocycles. The third kappa shape index (κ3) is 1.66. The van der Waals surface area contributed by atoms with E-state index in [4.69, 9.17) is 5.73 Å². The van der Waals surface area contributed by atoms with Crippen LogP contribution in [0.1, 0.15) is 5.82 Å². The highest BCUT2D eigenvalue weighted by Crippen LogP contribution is 2.10. The lowest BCUT2D eigenvalue weighted by Crippen LogP contribution is -1.74. The molecule has 1 aromatic heterocycles. The molecule has 0 aliphatic carbocycles. The molecule has 0 radical (unpaired) electrons. The Balaban J connectivity index is 2.35. The van der Waals surface area contributed by atoms with Crippen LogP contribution in [0.5, 0.6) is 0 Å². The predicted molar refractivity (Wildman–Crippen MR) is 58.5 cm³/mol. The molecule has 1 heterocycles. The number of allylic oxidation sites excluding steroid dienone is 2. The van der Waals surface area contributed by atoms with Crippen LogP contribution in [0.15, 0.2) is 42.6 Å². The van der Waals surface area contributed by atoms with Gasteiger partial charge < -0.3 is 10.7 Å². The van der Waals surface area contributed by atoms with Crippen molar-refractivity contribution in [2.75, 3.05) is 0 Å². The summed E-state index contributed by atoms with van der Waals surface area (Å²) in [6.07, 6.45) is 6.97. The topological polar surface area (TPSA) is 54.7 Å². The molecule has 1 aromatic carbocycles. The maximum atomic E-state index is 5.21. The number of aromatic nitrogens is 2. The van der Waals surface area contributed by atoms with Crippen LogP contribution >= 0.6 is 0 Å². The van der Waals surface area contributed by atoms with E-state index in [-0.39, 0.29) is 0 Å². The van der Waals surface area contributed by atoms with Gasteiger partial charge in [0.1, 0.15) is 5.82 Å². The molecule has 70 valence electrons. The number of nitrogens with two attached hydrogens (primary N) is 1. The van der Waals surface area contributed by atoms with Crippen molar-refractivity contribution in [3.05, 3.63) is 48.4 Å². The summed E-state index contributed by atoms with van der Waals surface area (Å²) in [5, 5.41) is 0. The Morgan fingerprint density at radius 2 is 2.07 bits per heavy atom. The van der Waals surface area contributed by atoms with Crippen LogP contribution in [0.4, 0.5) is 0 Å². The van der Waals surface area contributed by atoms with Gasteiger partial charge in [-0.05, 0) is 30.5 Å². The smallest absolute Gasteiger partial charge is 0.131 e. The summed E-state index contributed by atoms with van der Waals surface area (Å²) in [6, 6.07) is 7.92. The molecule has 0 atom stereocenters. The highest BCUT2D eigenvalue weighted by Gasteiger charge is 1.96. The lowest BCUT2D eigenvalue weighted by atomic mass is 10.3. The number of rotatable bonds is 2. The van der Waals surface area contributed by atoms with Crippen molar-refractivity contribution in [3.8, 4) is 0 Å². The van der Waals surface area contributed by atoms with Crippen molar-refractivity contribution in [1.29, 1.82) is 0 Å². The summed E-state index contributed by atoms with van der Waals surface area (Å²) >= 11 is 0. The lowest BCUT2D eigenvalue weighted by molar-refractivity contribution is 1.29. The van der Waals surface area contributed by atoms with Crippen molar-refractivity contribution >= 4 is 17.1 Å². The predicted octanol–water partition coefficient (Wildman–Crippen LogP) is 2.05. The van der Waals surface area contributed by atoms with Gasteiger partial charge in [0.05, 0.1) is 11.0 Å². The van der Waals surface area contributed by atoms with Gasteiger partial charge in [-0.1, -0.05) is 18.2 Å². The van der Waals surface area contributed by atoms with E-state index in [2.05, 4.69) is 9.97 Å². The van der Waals surface area contributed by atoms with E-state index >= 15 is 0 Å². The van der Waals surface area contributed by atoms with Gasteiger partial charge in [-0.25, -0.2) is 4.98 Å². The van der Waals surface area contributed by atoms with E-state index in [1.165, 1.54) is 6.20 Å². The SMILES string of the molecule is N/C=C/C=C/c1nc2ccccc2[nH]1. The van der Waals surface area contributed by atoms with Crippen LogP contribution in [-0.2, 0) is 0 Å². The molecular weight excluding hydrogens is 174 g/mol. The first kappa shape index (κ1) is 8.56. The molecule has 0 saturated heterocycles. The van der Waals surface area contributed by atoms with Crippen LogP contribution in [0.25, 0.3) is 17.1 Å². The Morgan fingerprint density at radius 1 is 1.21 bits per heavy atom. The van der Waals surface area contributed by atoms with Gasteiger partial charge in [-0.15, -0.1) is 0 Å². The average Bonchev–Trinajstić information content (AvgIpc) is 2.60. The number of benzene rings is 1. The minimum Gasteiger partial charge on any atom is -0.405 e. The minimum atomic E-state index is 0.837. The van der Waals surface area contributed by atoms with Crippen LogP contribution in [0, 0.1) is 0 Å². The van der Waals surface area contributed by atoms with E-state index < -0.39 is 0 Å². The minimum absolute atomic E-state index is 0.837. The first-order chi connectivity index (χ1) is 6.90. The second-order valence-electron chi connectivity index (χ2n) is 2.88. The molecule has 2 rings (SSSR count). The number of fused-ring (bicyclic) bond motifs is 1. The largest absolute Gasteiger partial charge is 0.405 e. The first-order valence-electron chi connectivity index (χ1n) is 4.40. The van der Waals surface area contributed by atoms with Crippen molar-refractivity contribution in [1.82, 2.24) is 9.97 Å². The molecule has 0 spiro atoms.